The number of likely N-dealkylation sites (tertiary alicyclic amines) is 1. The monoisotopic (exact) mass is 379 g/mol. The Morgan fingerprint density at radius 2 is 1.82 bits per heavy atom. The van der Waals surface area contributed by atoms with Crippen molar-refractivity contribution in [1.82, 2.24) is 10.2 Å². The summed E-state index contributed by atoms with van der Waals surface area (Å²) in [6.45, 7) is 0.443. The maximum absolute atomic E-state index is 13.1. The molecule has 2 aliphatic heterocycles. The number of benzene rings is 2. The number of amides is 4. The number of para-hydroxylation sites is 1. The summed E-state index contributed by atoms with van der Waals surface area (Å²) in [4.78, 5) is 41.2. The van der Waals surface area contributed by atoms with Crippen molar-refractivity contribution in [2.75, 3.05) is 18.6 Å². The number of ether oxygens (including phenoxy) is 1. The first-order chi connectivity index (χ1) is 13.6. The van der Waals surface area contributed by atoms with Crippen LogP contribution in [0, 0.1) is 0 Å². The van der Waals surface area contributed by atoms with Gasteiger partial charge in [-0.25, -0.2) is 9.69 Å². The number of nitrogens with zero attached hydrogens (tertiary/aromatic N) is 2. The minimum Gasteiger partial charge on any atom is -0.497 e. The fourth-order valence-electron chi connectivity index (χ4n) is 3.83. The summed E-state index contributed by atoms with van der Waals surface area (Å²) in [7, 11) is 1.59. The van der Waals surface area contributed by atoms with Crippen LogP contribution < -0.4 is 15.0 Å². The van der Waals surface area contributed by atoms with Crippen molar-refractivity contribution >= 4 is 23.5 Å². The van der Waals surface area contributed by atoms with Gasteiger partial charge in [0, 0.05) is 6.54 Å². The third-order valence-corrected chi connectivity index (χ3v) is 5.23. The van der Waals surface area contributed by atoms with E-state index in [0.717, 1.165) is 16.2 Å². The minimum absolute atomic E-state index is 0.129. The van der Waals surface area contributed by atoms with Gasteiger partial charge in [0.05, 0.1) is 25.3 Å². The van der Waals surface area contributed by atoms with Crippen molar-refractivity contribution in [2.24, 2.45) is 0 Å². The molecule has 144 valence electrons. The van der Waals surface area contributed by atoms with Crippen molar-refractivity contribution in [3.63, 3.8) is 0 Å². The highest BCUT2D eigenvalue weighted by Gasteiger charge is 2.49. The number of rotatable bonds is 4. The van der Waals surface area contributed by atoms with Crippen LogP contribution in [0.3, 0.4) is 0 Å². The number of imide groups is 1. The molecule has 0 unspecified atom stereocenters. The molecule has 7 heteroatoms. The van der Waals surface area contributed by atoms with E-state index in [2.05, 4.69) is 5.32 Å². The van der Waals surface area contributed by atoms with Gasteiger partial charge in [-0.1, -0.05) is 30.3 Å². The third kappa shape index (κ3) is 3.19. The van der Waals surface area contributed by atoms with Crippen molar-refractivity contribution < 1.29 is 19.1 Å². The second kappa shape index (κ2) is 7.34. The van der Waals surface area contributed by atoms with Crippen molar-refractivity contribution in [3.8, 4) is 5.75 Å². The molecule has 2 aliphatic rings. The van der Waals surface area contributed by atoms with Gasteiger partial charge < -0.3 is 15.0 Å². The number of carbonyl (C=O) groups excluding carboxylic acids is 3. The van der Waals surface area contributed by atoms with Crippen LogP contribution in [-0.4, -0.2) is 48.5 Å². The zero-order valence-electron chi connectivity index (χ0n) is 15.5. The van der Waals surface area contributed by atoms with Crippen molar-refractivity contribution in [2.45, 2.75) is 24.9 Å². The summed E-state index contributed by atoms with van der Waals surface area (Å²) >= 11 is 0. The van der Waals surface area contributed by atoms with Gasteiger partial charge in [0.1, 0.15) is 11.8 Å². The first-order valence-electron chi connectivity index (χ1n) is 9.20. The number of fused-ring (bicyclic) bond motifs is 1. The van der Waals surface area contributed by atoms with Crippen LogP contribution >= 0.6 is 0 Å². The van der Waals surface area contributed by atoms with Crippen LogP contribution in [0.25, 0.3) is 0 Å². The molecule has 2 fully saturated rings. The second-order valence-electron chi connectivity index (χ2n) is 6.91. The molecule has 2 aromatic rings. The molecular weight excluding hydrogens is 358 g/mol. The number of carbonyl (C=O) groups is 3. The van der Waals surface area contributed by atoms with Crippen molar-refractivity contribution in [3.05, 3.63) is 60.2 Å². The molecule has 2 atom stereocenters. The Labute approximate surface area is 162 Å². The lowest BCUT2D eigenvalue weighted by Crippen LogP contribution is -2.65. The van der Waals surface area contributed by atoms with E-state index in [4.69, 9.17) is 4.74 Å². The van der Waals surface area contributed by atoms with E-state index in [1.807, 2.05) is 18.2 Å². The maximum Gasteiger partial charge on any atom is 0.329 e. The summed E-state index contributed by atoms with van der Waals surface area (Å²) in [6, 6.07) is 14.6. The number of methoxy groups -OCH3 is 1. The Balaban J connectivity index is 1.54. The van der Waals surface area contributed by atoms with Gasteiger partial charge in [0.25, 0.3) is 5.91 Å². The van der Waals surface area contributed by atoms with E-state index in [0.29, 0.717) is 18.7 Å². The van der Waals surface area contributed by atoms with Crippen molar-refractivity contribution in [1.29, 1.82) is 0 Å². The predicted octanol–water partition coefficient (Wildman–Crippen LogP) is 1.96. The Hall–Kier alpha value is -3.35. The van der Waals surface area contributed by atoms with E-state index < -0.39 is 12.1 Å². The Kier molecular flexibility index (Phi) is 4.73. The molecule has 0 spiro atoms. The first kappa shape index (κ1) is 18.0. The van der Waals surface area contributed by atoms with Gasteiger partial charge in [-0.15, -0.1) is 0 Å². The summed E-state index contributed by atoms with van der Waals surface area (Å²) < 4.78 is 5.14. The van der Waals surface area contributed by atoms with E-state index in [9.17, 15) is 14.4 Å². The van der Waals surface area contributed by atoms with Crippen LogP contribution in [0.4, 0.5) is 10.5 Å². The van der Waals surface area contributed by atoms with E-state index >= 15 is 0 Å². The number of anilines is 1. The van der Waals surface area contributed by atoms with Gasteiger partial charge in [-0.05, 0) is 36.2 Å². The van der Waals surface area contributed by atoms with E-state index in [1.54, 1.807) is 48.4 Å². The van der Waals surface area contributed by atoms with Crippen LogP contribution in [0.2, 0.25) is 0 Å². The number of hydrogen-bond acceptors (Lipinski definition) is 4. The number of nitrogens with one attached hydrogen (secondary N) is 1. The molecule has 4 rings (SSSR count). The quantitative estimate of drug-likeness (QED) is 0.881. The minimum atomic E-state index is -0.677. The molecule has 7 nitrogen and oxygen atoms in total. The normalized spacial score (nSPS) is 21.3. The Morgan fingerprint density at radius 1 is 1.11 bits per heavy atom. The SMILES string of the molecule is COc1ccc(CC(=O)N2CC[C@@H]3NC(=O)N(c4ccccc4)C(=O)[C@H]32)cc1. The van der Waals surface area contributed by atoms with Gasteiger partial charge in [-0.2, -0.15) is 0 Å². The van der Waals surface area contributed by atoms with Gasteiger partial charge >= 0.3 is 6.03 Å². The maximum atomic E-state index is 13.1. The Bertz CT molecular complexity index is 898. The van der Waals surface area contributed by atoms with Gasteiger partial charge in [-0.3, -0.25) is 9.59 Å². The molecule has 0 bridgehead atoms. The topological polar surface area (TPSA) is 79.0 Å². The molecule has 2 saturated heterocycles. The van der Waals surface area contributed by atoms with E-state index in [1.165, 1.54) is 0 Å². The Morgan fingerprint density at radius 3 is 2.50 bits per heavy atom. The molecular formula is C21H21N3O4. The van der Waals surface area contributed by atoms with Gasteiger partial charge in [0.2, 0.25) is 5.91 Å². The zero-order valence-corrected chi connectivity index (χ0v) is 15.5. The fourth-order valence-corrected chi connectivity index (χ4v) is 3.83. The largest absolute Gasteiger partial charge is 0.497 e. The molecule has 2 aromatic carbocycles. The summed E-state index contributed by atoms with van der Waals surface area (Å²) in [5, 5.41) is 2.88. The van der Waals surface area contributed by atoms with Gasteiger partial charge in [0.15, 0.2) is 0 Å². The number of urea groups is 1. The molecule has 28 heavy (non-hydrogen) atoms. The highest BCUT2D eigenvalue weighted by atomic mass is 16.5. The lowest BCUT2D eigenvalue weighted by Gasteiger charge is -2.36. The third-order valence-electron chi connectivity index (χ3n) is 5.23. The zero-order chi connectivity index (χ0) is 19.7. The van der Waals surface area contributed by atoms with Crippen LogP contribution in [0.1, 0.15) is 12.0 Å². The fraction of sp³-hybridized carbons (Fsp3) is 0.286. The number of hydrogen-bond donors (Lipinski definition) is 1. The highest BCUT2D eigenvalue weighted by molar-refractivity contribution is 6.19. The average Bonchev–Trinajstić information content (AvgIpc) is 3.13. The first-order valence-corrected chi connectivity index (χ1v) is 9.20. The molecule has 1 N–H and O–H groups in total. The second-order valence-corrected chi connectivity index (χ2v) is 6.91. The molecule has 0 aromatic heterocycles. The standard InChI is InChI=1S/C21H21N3O4/c1-28-16-9-7-14(8-10-16)13-18(25)23-12-11-17-19(23)20(26)24(21(27)22-17)15-5-3-2-4-6-15/h2-10,17,19H,11-13H2,1H3,(H,22,27)/t17-,19-/m0/s1. The average molecular weight is 379 g/mol. The smallest absolute Gasteiger partial charge is 0.329 e. The molecule has 0 aliphatic carbocycles. The van der Waals surface area contributed by atoms with Crippen LogP contribution in [-0.2, 0) is 16.0 Å². The highest BCUT2D eigenvalue weighted by Crippen LogP contribution is 2.28. The molecule has 0 saturated carbocycles. The van der Waals surface area contributed by atoms with Crippen LogP contribution in [0.5, 0.6) is 5.75 Å². The molecule has 0 radical (unpaired) electrons. The summed E-state index contributed by atoms with van der Waals surface area (Å²) in [5.41, 5.74) is 1.35. The molecule has 2 heterocycles. The lowest BCUT2D eigenvalue weighted by molar-refractivity contribution is -0.137. The summed E-state index contributed by atoms with van der Waals surface area (Å²) in [6.07, 6.45) is 0.763. The summed E-state index contributed by atoms with van der Waals surface area (Å²) in [5.74, 6) is 0.233. The lowest BCUT2D eigenvalue weighted by atomic mass is 10.0. The predicted molar refractivity (Wildman–Crippen MR) is 103 cm³/mol. The van der Waals surface area contributed by atoms with Crippen LogP contribution in [0.15, 0.2) is 54.6 Å². The molecule has 4 amide bonds. The van der Waals surface area contributed by atoms with E-state index in [-0.39, 0.29) is 24.3 Å².